The molecule has 0 radical (unpaired) electrons. The highest BCUT2D eigenvalue weighted by Gasteiger charge is 2.06. The molecule has 100 valence electrons. The molecular formula is C14H13Cl2NO2. The molecular weight excluding hydrogens is 285 g/mol. The zero-order valence-electron chi connectivity index (χ0n) is 10.4. The summed E-state index contributed by atoms with van der Waals surface area (Å²) >= 11 is 12.0. The molecule has 0 unspecified atom stereocenters. The third-order valence-electron chi connectivity index (χ3n) is 2.16. The van der Waals surface area contributed by atoms with Crippen LogP contribution in [0.15, 0.2) is 41.6 Å². The first-order valence-corrected chi connectivity index (χ1v) is 6.24. The average molecular weight is 298 g/mol. The van der Waals surface area contributed by atoms with E-state index in [-0.39, 0.29) is 12.4 Å². The van der Waals surface area contributed by atoms with Gasteiger partial charge in [0.1, 0.15) is 6.61 Å². The normalized spacial score (nSPS) is 11.6. The maximum atomic E-state index is 11.5. The van der Waals surface area contributed by atoms with Crippen molar-refractivity contribution in [2.45, 2.75) is 6.92 Å². The van der Waals surface area contributed by atoms with Gasteiger partial charge in [-0.25, -0.2) is 0 Å². The van der Waals surface area contributed by atoms with E-state index in [4.69, 9.17) is 28.0 Å². The van der Waals surface area contributed by atoms with Gasteiger partial charge in [0.15, 0.2) is 5.78 Å². The second-order valence-electron chi connectivity index (χ2n) is 3.62. The van der Waals surface area contributed by atoms with Crippen molar-refractivity contribution in [3.05, 3.63) is 52.0 Å². The smallest absolute Gasteiger partial charge is 0.161 e. The summed E-state index contributed by atoms with van der Waals surface area (Å²) in [6.45, 7) is 5.20. The average Bonchev–Trinajstić information content (AvgIpc) is 2.37. The minimum absolute atomic E-state index is 0.151. The van der Waals surface area contributed by atoms with Crippen molar-refractivity contribution in [2.24, 2.45) is 5.16 Å². The van der Waals surface area contributed by atoms with Gasteiger partial charge in [-0.2, -0.15) is 0 Å². The summed E-state index contributed by atoms with van der Waals surface area (Å²) in [6.07, 6.45) is 4.50. The molecule has 0 amide bonds. The first-order valence-electron chi connectivity index (χ1n) is 5.49. The number of ketones is 1. The van der Waals surface area contributed by atoms with Gasteiger partial charge in [0.2, 0.25) is 0 Å². The lowest BCUT2D eigenvalue weighted by atomic mass is 10.1. The number of hydrogen-bond acceptors (Lipinski definition) is 3. The van der Waals surface area contributed by atoms with E-state index in [0.29, 0.717) is 21.2 Å². The number of nitrogens with zero attached hydrogens (tertiary/aromatic N) is 1. The molecule has 0 saturated carbocycles. The van der Waals surface area contributed by atoms with Crippen molar-refractivity contribution in [3.63, 3.8) is 0 Å². The van der Waals surface area contributed by atoms with Crippen LogP contribution in [-0.2, 0) is 9.63 Å². The van der Waals surface area contributed by atoms with E-state index < -0.39 is 0 Å². The van der Waals surface area contributed by atoms with Gasteiger partial charge >= 0.3 is 0 Å². The van der Waals surface area contributed by atoms with Gasteiger partial charge in [0.05, 0.1) is 16.3 Å². The standard InChI is InChI=1S/C14H13Cl2NO2/c1-3-7-19-17-9-12(10(2)18)8-11-5-4-6-13(15)14(11)16/h3-6,8-9H,1,7H2,2H3/b12-8+,17-9+. The Morgan fingerprint density at radius 1 is 1.47 bits per heavy atom. The van der Waals surface area contributed by atoms with Crippen LogP contribution in [0.3, 0.4) is 0 Å². The van der Waals surface area contributed by atoms with Crippen LogP contribution in [0.5, 0.6) is 0 Å². The molecule has 0 aliphatic rings. The highest BCUT2D eigenvalue weighted by atomic mass is 35.5. The third-order valence-corrected chi connectivity index (χ3v) is 2.99. The number of allylic oxidation sites excluding steroid dienone is 1. The van der Waals surface area contributed by atoms with Crippen LogP contribution < -0.4 is 0 Å². The molecule has 1 aromatic carbocycles. The van der Waals surface area contributed by atoms with Crippen LogP contribution in [0.4, 0.5) is 0 Å². The zero-order chi connectivity index (χ0) is 14.3. The monoisotopic (exact) mass is 297 g/mol. The van der Waals surface area contributed by atoms with Crippen LogP contribution in [0, 0.1) is 0 Å². The van der Waals surface area contributed by atoms with Gasteiger partial charge in [-0.15, -0.1) is 0 Å². The lowest BCUT2D eigenvalue weighted by Gasteiger charge is -2.02. The molecule has 5 heteroatoms. The largest absolute Gasteiger partial charge is 0.392 e. The van der Waals surface area contributed by atoms with E-state index in [1.807, 2.05) is 0 Å². The lowest BCUT2D eigenvalue weighted by molar-refractivity contribution is -0.113. The molecule has 0 aliphatic heterocycles. The van der Waals surface area contributed by atoms with Crippen molar-refractivity contribution in [2.75, 3.05) is 6.61 Å². The van der Waals surface area contributed by atoms with E-state index in [1.165, 1.54) is 13.1 Å². The van der Waals surface area contributed by atoms with Gasteiger partial charge in [-0.3, -0.25) is 4.79 Å². The maximum Gasteiger partial charge on any atom is 0.161 e. The molecule has 1 rings (SSSR count). The third kappa shape index (κ3) is 4.89. The summed E-state index contributed by atoms with van der Waals surface area (Å²) < 4.78 is 0. The van der Waals surface area contributed by atoms with E-state index >= 15 is 0 Å². The Labute approximate surface area is 122 Å². The Kier molecular flexibility index (Phi) is 6.33. The Balaban J connectivity index is 3.01. The summed E-state index contributed by atoms with van der Waals surface area (Å²) in [5.41, 5.74) is 1.02. The van der Waals surface area contributed by atoms with E-state index in [0.717, 1.165) is 0 Å². The molecule has 1 aromatic rings. The van der Waals surface area contributed by atoms with Gasteiger partial charge in [0.25, 0.3) is 0 Å². The first-order chi connectivity index (χ1) is 9.06. The second kappa shape index (κ2) is 7.77. The highest BCUT2D eigenvalue weighted by Crippen LogP contribution is 2.27. The molecule has 0 N–H and O–H groups in total. The molecule has 0 atom stereocenters. The van der Waals surface area contributed by atoms with Gasteiger partial charge < -0.3 is 4.84 Å². The van der Waals surface area contributed by atoms with Crippen molar-refractivity contribution >= 4 is 41.3 Å². The molecule has 19 heavy (non-hydrogen) atoms. The maximum absolute atomic E-state index is 11.5. The fourth-order valence-corrected chi connectivity index (χ4v) is 1.58. The number of benzene rings is 1. The number of oxime groups is 1. The minimum atomic E-state index is -0.151. The molecule has 0 saturated heterocycles. The Morgan fingerprint density at radius 2 is 2.21 bits per heavy atom. The number of rotatable bonds is 6. The predicted octanol–water partition coefficient (Wildman–Crippen LogP) is 4.15. The molecule has 0 heterocycles. The highest BCUT2D eigenvalue weighted by molar-refractivity contribution is 6.43. The minimum Gasteiger partial charge on any atom is -0.392 e. The fraction of sp³-hybridized carbons (Fsp3) is 0.143. The Bertz CT molecular complexity index is 536. The summed E-state index contributed by atoms with van der Waals surface area (Å²) in [5.74, 6) is -0.151. The molecule has 0 aromatic heterocycles. The number of Topliss-reactive ketones (excluding diaryl/α,β-unsaturated/α-hetero) is 1. The topological polar surface area (TPSA) is 38.7 Å². The van der Waals surface area contributed by atoms with Crippen LogP contribution >= 0.6 is 23.2 Å². The molecule has 0 bridgehead atoms. The lowest BCUT2D eigenvalue weighted by Crippen LogP contribution is -1.99. The van der Waals surface area contributed by atoms with Crippen molar-refractivity contribution < 1.29 is 9.63 Å². The summed E-state index contributed by atoms with van der Waals surface area (Å²) in [6, 6.07) is 5.19. The molecule has 0 fully saturated rings. The molecule has 0 spiro atoms. The Morgan fingerprint density at radius 3 is 2.84 bits per heavy atom. The number of carbonyl (C=O) groups is 1. The number of carbonyl (C=O) groups excluding carboxylic acids is 1. The van der Waals surface area contributed by atoms with Gasteiger partial charge in [0, 0.05) is 5.57 Å². The summed E-state index contributed by atoms with van der Waals surface area (Å²) in [7, 11) is 0. The van der Waals surface area contributed by atoms with Crippen LogP contribution in [0.1, 0.15) is 12.5 Å². The molecule has 0 aliphatic carbocycles. The van der Waals surface area contributed by atoms with E-state index in [9.17, 15) is 4.79 Å². The summed E-state index contributed by atoms with van der Waals surface area (Å²) in [4.78, 5) is 16.4. The Hall–Kier alpha value is -1.58. The molecule has 3 nitrogen and oxygen atoms in total. The van der Waals surface area contributed by atoms with Crippen molar-refractivity contribution in [3.8, 4) is 0 Å². The van der Waals surface area contributed by atoms with Gasteiger partial charge in [-0.1, -0.05) is 53.1 Å². The quantitative estimate of drug-likeness (QED) is 0.260. The zero-order valence-corrected chi connectivity index (χ0v) is 11.9. The van der Waals surface area contributed by atoms with Crippen molar-refractivity contribution in [1.29, 1.82) is 0 Å². The van der Waals surface area contributed by atoms with Gasteiger partial charge in [-0.05, 0) is 24.6 Å². The van der Waals surface area contributed by atoms with Crippen LogP contribution in [0.25, 0.3) is 6.08 Å². The van der Waals surface area contributed by atoms with Crippen LogP contribution in [-0.4, -0.2) is 18.6 Å². The SMILES string of the molecule is C=CCO/N=C/C(=C\c1cccc(Cl)c1Cl)C(C)=O. The van der Waals surface area contributed by atoms with E-state index in [1.54, 1.807) is 30.4 Å². The second-order valence-corrected chi connectivity index (χ2v) is 4.40. The van der Waals surface area contributed by atoms with Crippen molar-refractivity contribution in [1.82, 2.24) is 0 Å². The first kappa shape index (κ1) is 15.5. The predicted molar refractivity (Wildman–Crippen MR) is 79.8 cm³/mol. The number of hydrogen-bond donors (Lipinski definition) is 0. The fourth-order valence-electron chi connectivity index (χ4n) is 1.22. The summed E-state index contributed by atoms with van der Waals surface area (Å²) in [5, 5.41) is 4.49. The van der Waals surface area contributed by atoms with E-state index in [2.05, 4.69) is 11.7 Å². The van der Waals surface area contributed by atoms with Crippen LogP contribution in [0.2, 0.25) is 10.0 Å². The number of halogens is 2.